The molecule has 1 amide bonds. The molecule has 0 bridgehead atoms. The Kier molecular flexibility index (Phi) is 4.36. The quantitative estimate of drug-likeness (QED) is 0.908. The second kappa shape index (κ2) is 6.09. The molecule has 2 fully saturated rings. The minimum atomic E-state index is -0.304. The third-order valence-corrected chi connectivity index (χ3v) is 5.64. The normalized spacial score (nSPS) is 24.2. The Morgan fingerprint density at radius 2 is 2.14 bits per heavy atom. The van der Waals surface area contributed by atoms with Gasteiger partial charge in [0.15, 0.2) is 0 Å². The third-order valence-electron chi connectivity index (χ3n) is 5.15. The van der Waals surface area contributed by atoms with Gasteiger partial charge in [0.25, 0.3) is 0 Å². The predicted molar refractivity (Wildman–Crippen MR) is 88.3 cm³/mol. The first-order valence-corrected chi connectivity index (χ1v) is 8.67. The predicted octanol–water partition coefficient (Wildman–Crippen LogP) is 3.08. The zero-order chi connectivity index (χ0) is 14.9. The van der Waals surface area contributed by atoms with Crippen molar-refractivity contribution in [1.82, 2.24) is 10.2 Å². The Bertz CT molecular complexity index is 519. The topological polar surface area (TPSA) is 32.3 Å². The smallest absolute Gasteiger partial charge is 0.233 e. The van der Waals surface area contributed by atoms with Gasteiger partial charge in [0.2, 0.25) is 5.91 Å². The van der Waals surface area contributed by atoms with Gasteiger partial charge in [0.1, 0.15) is 0 Å². The van der Waals surface area contributed by atoms with Crippen molar-refractivity contribution in [2.45, 2.75) is 43.6 Å². The highest BCUT2D eigenvalue weighted by molar-refractivity contribution is 9.10. The van der Waals surface area contributed by atoms with Crippen LogP contribution in [0.1, 0.15) is 37.7 Å². The number of amides is 1. The number of nitrogens with one attached hydrogen (secondary N) is 1. The molecule has 3 nitrogen and oxygen atoms in total. The first-order valence-electron chi connectivity index (χ1n) is 7.87. The number of carbonyl (C=O) groups excluding carboxylic acids is 1. The molecule has 1 aliphatic heterocycles. The van der Waals surface area contributed by atoms with E-state index >= 15 is 0 Å². The summed E-state index contributed by atoms with van der Waals surface area (Å²) in [5.41, 5.74) is 0.874. The van der Waals surface area contributed by atoms with Crippen LogP contribution in [0, 0.1) is 0 Å². The number of nitrogens with zero attached hydrogens (tertiary/aromatic N) is 1. The number of hydrogen-bond donors (Lipinski definition) is 1. The van der Waals surface area contributed by atoms with Gasteiger partial charge >= 0.3 is 0 Å². The number of carbonyl (C=O) groups is 1. The molecular weight excluding hydrogens is 328 g/mol. The maximum Gasteiger partial charge on any atom is 0.233 e. The molecule has 4 heteroatoms. The van der Waals surface area contributed by atoms with Crippen LogP contribution in [0.5, 0.6) is 0 Å². The van der Waals surface area contributed by atoms with Gasteiger partial charge in [-0.25, -0.2) is 0 Å². The maximum absolute atomic E-state index is 13.2. The SMILES string of the molecule is CN(C(=O)C1(c2cccc(Br)c2)CCCC1)C1CCNC1. The lowest BCUT2D eigenvalue weighted by Gasteiger charge is -2.35. The summed E-state index contributed by atoms with van der Waals surface area (Å²) in [5.74, 6) is 0.312. The van der Waals surface area contributed by atoms with Crippen LogP contribution in [-0.4, -0.2) is 37.0 Å². The molecule has 1 saturated carbocycles. The van der Waals surface area contributed by atoms with Gasteiger partial charge in [-0.15, -0.1) is 0 Å². The van der Waals surface area contributed by atoms with Crippen molar-refractivity contribution in [3.05, 3.63) is 34.3 Å². The number of benzene rings is 1. The molecule has 3 rings (SSSR count). The van der Waals surface area contributed by atoms with Gasteiger partial charge in [0, 0.05) is 24.1 Å². The summed E-state index contributed by atoms with van der Waals surface area (Å²) in [6, 6.07) is 8.67. The summed E-state index contributed by atoms with van der Waals surface area (Å²) in [6.45, 7) is 1.95. The van der Waals surface area contributed by atoms with Crippen LogP contribution in [0.15, 0.2) is 28.7 Å². The monoisotopic (exact) mass is 350 g/mol. The molecule has 21 heavy (non-hydrogen) atoms. The van der Waals surface area contributed by atoms with Crippen molar-refractivity contribution >= 4 is 21.8 Å². The highest BCUT2D eigenvalue weighted by Crippen LogP contribution is 2.43. The second-order valence-corrected chi connectivity index (χ2v) is 7.28. The summed E-state index contributed by atoms with van der Waals surface area (Å²) >= 11 is 3.55. The standard InChI is InChI=1S/C17H23BrN2O/c1-20(15-7-10-19-12-15)16(21)17(8-2-3-9-17)13-5-4-6-14(18)11-13/h4-6,11,15,19H,2-3,7-10,12H2,1H3. The second-order valence-electron chi connectivity index (χ2n) is 6.36. The highest BCUT2D eigenvalue weighted by Gasteiger charge is 2.45. The fourth-order valence-corrected chi connectivity index (χ4v) is 4.26. The van der Waals surface area contributed by atoms with E-state index in [0.717, 1.165) is 49.7 Å². The molecule has 0 spiro atoms. The molecule has 114 valence electrons. The van der Waals surface area contributed by atoms with E-state index in [9.17, 15) is 4.79 Å². The summed E-state index contributed by atoms with van der Waals surface area (Å²) in [4.78, 5) is 15.3. The average Bonchev–Trinajstić information content (AvgIpc) is 3.17. The lowest BCUT2D eigenvalue weighted by molar-refractivity contribution is -0.137. The van der Waals surface area contributed by atoms with Crippen molar-refractivity contribution < 1.29 is 4.79 Å². The number of halogens is 1. The minimum Gasteiger partial charge on any atom is -0.341 e. The van der Waals surface area contributed by atoms with Crippen LogP contribution in [-0.2, 0) is 10.2 Å². The third kappa shape index (κ3) is 2.76. The number of hydrogen-bond acceptors (Lipinski definition) is 2. The Hall–Kier alpha value is -0.870. The van der Waals surface area contributed by atoms with Crippen LogP contribution in [0.4, 0.5) is 0 Å². The minimum absolute atomic E-state index is 0.304. The summed E-state index contributed by atoms with van der Waals surface area (Å²) in [7, 11) is 1.98. The molecule has 1 saturated heterocycles. The van der Waals surface area contributed by atoms with E-state index in [-0.39, 0.29) is 5.41 Å². The van der Waals surface area contributed by atoms with E-state index in [4.69, 9.17) is 0 Å². The molecular formula is C17H23BrN2O. The molecule has 0 radical (unpaired) electrons. The molecule has 2 aliphatic rings. The van der Waals surface area contributed by atoms with Crippen LogP contribution in [0.25, 0.3) is 0 Å². The zero-order valence-electron chi connectivity index (χ0n) is 12.6. The van der Waals surface area contributed by atoms with Gasteiger partial charge < -0.3 is 10.2 Å². The first kappa shape index (κ1) is 15.0. The lowest BCUT2D eigenvalue weighted by Crippen LogP contribution is -2.48. The van der Waals surface area contributed by atoms with Gasteiger partial charge in [-0.05, 0) is 43.5 Å². The van der Waals surface area contributed by atoms with E-state index in [0.29, 0.717) is 11.9 Å². The molecule has 0 aromatic heterocycles. The summed E-state index contributed by atoms with van der Waals surface area (Å²) in [5, 5.41) is 3.36. The van der Waals surface area contributed by atoms with E-state index < -0.39 is 0 Å². The van der Waals surface area contributed by atoms with Crippen LogP contribution >= 0.6 is 15.9 Å². The maximum atomic E-state index is 13.2. The van der Waals surface area contributed by atoms with E-state index in [1.807, 2.05) is 24.1 Å². The lowest BCUT2D eigenvalue weighted by atomic mass is 9.77. The van der Waals surface area contributed by atoms with Gasteiger partial charge in [-0.2, -0.15) is 0 Å². The van der Waals surface area contributed by atoms with E-state index in [2.05, 4.69) is 33.4 Å². The van der Waals surface area contributed by atoms with E-state index in [1.54, 1.807) is 0 Å². The van der Waals surface area contributed by atoms with Gasteiger partial charge in [-0.1, -0.05) is 40.9 Å². The van der Waals surface area contributed by atoms with Crippen LogP contribution in [0.2, 0.25) is 0 Å². The molecule has 1 heterocycles. The Labute approximate surface area is 135 Å². The molecule has 1 aliphatic carbocycles. The van der Waals surface area contributed by atoms with Gasteiger partial charge in [0.05, 0.1) is 5.41 Å². The van der Waals surface area contributed by atoms with Crippen molar-refractivity contribution in [3.8, 4) is 0 Å². The zero-order valence-corrected chi connectivity index (χ0v) is 14.2. The van der Waals surface area contributed by atoms with Crippen LogP contribution in [0.3, 0.4) is 0 Å². The molecule has 1 aromatic carbocycles. The fraction of sp³-hybridized carbons (Fsp3) is 0.588. The number of rotatable bonds is 3. The van der Waals surface area contributed by atoms with Crippen molar-refractivity contribution in [2.75, 3.05) is 20.1 Å². The summed E-state index contributed by atoms with van der Waals surface area (Å²) < 4.78 is 1.06. The van der Waals surface area contributed by atoms with Crippen molar-refractivity contribution in [1.29, 1.82) is 0 Å². The Morgan fingerprint density at radius 3 is 2.76 bits per heavy atom. The van der Waals surface area contributed by atoms with Crippen molar-refractivity contribution in [3.63, 3.8) is 0 Å². The van der Waals surface area contributed by atoms with Gasteiger partial charge in [-0.3, -0.25) is 4.79 Å². The summed E-state index contributed by atoms with van der Waals surface area (Å²) in [6.07, 6.45) is 5.32. The largest absolute Gasteiger partial charge is 0.341 e. The Morgan fingerprint density at radius 1 is 1.38 bits per heavy atom. The number of likely N-dealkylation sites (N-methyl/N-ethyl adjacent to an activating group) is 1. The van der Waals surface area contributed by atoms with Crippen molar-refractivity contribution in [2.24, 2.45) is 0 Å². The molecule has 1 atom stereocenters. The fourth-order valence-electron chi connectivity index (χ4n) is 3.86. The molecule has 1 aromatic rings. The van der Waals surface area contributed by atoms with E-state index in [1.165, 1.54) is 5.56 Å². The average molecular weight is 351 g/mol. The molecule has 1 N–H and O–H groups in total. The first-order chi connectivity index (χ1) is 10.1. The molecule has 1 unspecified atom stereocenters. The van der Waals surface area contributed by atoms with Crippen LogP contribution < -0.4 is 5.32 Å². The Balaban J connectivity index is 1.91. The highest BCUT2D eigenvalue weighted by atomic mass is 79.9.